The van der Waals surface area contributed by atoms with Gasteiger partial charge in [0, 0.05) is 17.9 Å². The molecule has 1 aliphatic carbocycles. The van der Waals surface area contributed by atoms with Gasteiger partial charge in [0.2, 0.25) is 0 Å². The van der Waals surface area contributed by atoms with Crippen molar-refractivity contribution in [2.75, 3.05) is 0 Å². The number of aromatic nitrogens is 2. The fourth-order valence-electron chi connectivity index (χ4n) is 3.03. The second kappa shape index (κ2) is 5.62. The number of aliphatic carboxylic acids is 1. The molecular formula is C16H24N2O3. The number of nitrogens with zero attached hydrogens (tertiary/aromatic N) is 2. The molecule has 1 N–H and O–H groups in total. The van der Waals surface area contributed by atoms with E-state index in [1.54, 1.807) is 18.4 Å². The summed E-state index contributed by atoms with van der Waals surface area (Å²) in [5, 5.41) is 9.09. The van der Waals surface area contributed by atoms with Crippen molar-refractivity contribution in [1.82, 2.24) is 9.55 Å². The smallest absolute Gasteiger partial charge is 0.347 e. The van der Waals surface area contributed by atoms with E-state index < -0.39 is 11.9 Å². The van der Waals surface area contributed by atoms with Crippen LogP contribution in [0, 0.1) is 25.2 Å². The Balaban J connectivity index is 2.37. The van der Waals surface area contributed by atoms with E-state index in [4.69, 9.17) is 5.11 Å². The van der Waals surface area contributed by atoms with Gasteiger partial charge in [0.05, 0.1) is 5.92 Å². The third kappa shape index (κ3) is 3.17. The molecule has 0 bridgehead atoms. The van der Waals surface area contributed by atoms with Gasteiger partial charge in [-0.2, -0.15) is 4.98 Å². The van der Waals surface area contributed by atoms with Crippen molar-refractivity contribution < 1.29 is 9.90 Å². The predicted molar refractivity (Wildman–Crippen MR) is 80.4 cm³/mol. The van der Waals surface area contributed by atoms with Crippen molar-refractivity contribution in [2.24, 2.45) is 11.3 Å². The van der Waals surface area contributed by atoms with Crippen molar-refractivity contribution in [3.63, 3.8) is 0 Å². The summed E-state index contributed by atoms with van der Waals surface area (Å²) >= 11 is 0. The van der Waals surface area contributed by atoms with Gasteiger partial charge in [-0.05, 0) is 44.1 Å². The Hall–Kier alpha value is -1.65. The van der Waals surface area contributed by atoms with Crippen LogP contribution in [0.5, 0.6) is 0 Å². The minimum atomic E-state index is -0.822. The fraction of sp³-hybridized carbons (Fsp3) is 0.688. The van der Waals surface area contributed by atoms with Crippen molar-refractivity contribution in [2.45, 2.75) is 59.9 Å². The minimum absolute atomic E-state index is 0.182. The maximum Gasteiger partial charge on any atom is 0.347 e. The quantitative estimate of drug-likeness (QED) is 0.904. The summed E-state index contributed by atoms with van der Waals surface area (Å²) in [5.74, 6) is -1.30. The van der Waals surface area contributed by atoms with Crippen LogP contribution in [0.1, 0.15) is 50.1 Å². The second-order valence-electron chi connectivity index (χ2n) is 6.74. The van der Waals surface area contributed by atoms with Crippen LogP contribution in [0.25, 0.3) is 0 Å². The number of aryl methyl sites for hydroxylation is 1. The lowest BCUT2D eigenvalue weighted by molar-refractivity contribution is -0.141. The molecule has 1 aromatic rings. The van der Waals surface area contributed by atoms with Crippen LogP contribution in [0.2, 0.25) is 0 Å². The Morgan fingerprint density at radius 3 is 2.52 bits per heavy atom. The van der Waals surface area contributed by atoms with Gasteiger partial charge in [0.15, 0.2) is 0 Å². The van der Waals surface area contributed by atoms with Gasteiger partial charge in [0.25, 0.3) is 0 Å². The molecule has 2 rings (SSSR count). The number of rotatable bonds is 5. The lowest BCUT2D eigenvalue weighted by Crippen LogP contribution is -2.38. The molecule has 5 heteroatoms. The van der Waals surface area contributed by atoms with Gasteiger partial charge in [-0.3, -0.25) is 9.36 Å². The van der Waals surface area contributed by atoms with E-state index in [2.05, 4.69) is 11.9 Å². The standard InChI is InChI=1S/C16H24N2O3/c1-10(14(19)20)8-13-11(2)17-15(21)18(12(13)3)9-16(4)6-5-7-16/h10H,5-9H2,1-4H3,(H,19,20). The third-order valence-electron chi connectivity index (χ3n) is 4.80. The van der Waals surface area contributed by atoms with Gasteiger partial charge >= 0.3 is 11.7 Å². The number of hydrogen-bond acceptors (Lipinski definition) is 3. The topological polar surface area (TPSA) is 72.2 Å². The monoisotopic (exact) mass is 292 g/mol. The molecule has 0 spiro atoms. The summed E-state index contributed by atoms with van der Waals surface area (Å²) in [6.07, 6.45) is 3.89. The van der Waals surface area contributed by atoms with Crippen LogP contribution < -0.4 is 5.69 Å². The van der Waals surface area contributed by atoms with Gasteiger partial charge in [0.1, 0.15) is 0 Å². The zero-order valence-corrected chi connectivity index (χ0v) is 13.3. The molecule has 116 valence electrons. The molecule has 1 unspecified atom stereocenters. The normalized spacial score (nSPS) is 18.1. The first-order chi connectivity index (χ1) is 9.73. The predicted octanol–water partition coefficient (Wildman–Crippen LogP) is 2.31. The lowest BCUT2D eigenvalue weighted by atomic mass is 9.70. The highest BCUT2D eigenvalue weighted by atomic mass is 16.4. The Morgan fingerprint density at radius 2 is 2.05 bits per heavy atom. The fourth-order valence-corrected chi connectivity index (χ4v) is 3.03. The Morgan fingerprint density at radius 1 is 1.43 bits per heavy atom. The molecule has 1 fully saturated rings. The molecule has 0 aromatic carbocycles. The Bertz CT molecular complexity index is 615. The Kier molecular flexibility index (Phi) is 4.21. The van der Waals surface area contributed by atoms with E-state index in [9.17, 15) is 9.59 Å². The first kappa shape index (κ1) is 15.7. The average Bonchev–Trinajstić information content (AvgIpc) is 2.37. The van der Waals surface area contributed by atoms with E-state index in [1.165, 1.54) is 6.42 Å². The van der Waals surface area contributed by atoms with Crippen LogP contribution in [0.3, 0.4) is 0 Å². The van der Waals surface area contributed by atoms with Crippen LogP contribution in [0.15, 0.2) is 4.79 Å². The minimum Gasteiger partial charge on any atom is -0.481 e. The first-order valence-corrected chi connectivity index (χ1v) is 7.53. The van der Waals surface area contributed by atoms with Crippen LogP contribution in [-0.2, 0) is 17.8 Å². The number of carbonyl (C=O) groups is 1. The second-order valence-corrected chi connectivity index (χ2v) is 6.74. The maximum atomic E-state index is 12.2. The highest BCUT2D eigenvalue weighted by Gasteiger charge is 2.33. The number of carboxylic acid groups (broad SMARTS) is 1. The molecule has 1 atom stereocenters. The molecule has 1 heterocycles. The van der Waals surface area contributed by atoms with Gasteiger partial charge < -0.3 is 5.11 Å². The van der Waals surface area contributed by atoms with E-state index in [1.807, 2.05) is 6.92 Å². The summed E-state index contributed by atoms with van der Waals surface area (Å²) in [6, 6.07) is 0. The van der Waals surface area contributed by atoms with Crippen molar-refractivity contribution in [3.05, 3.63) is 27.4 Å². The van der Waals surface area contributed by atoms with Gasteiger partial charge in [-0.25, -0.2) is 4.79 Å². The first-order valence-electron chi connectivity index (χ1n) is 7.53. The van der Waals surface area contributed by atoms with Crippen LogP contribution >= 0.6 is 0 Å². The maximum absolute atomic E-state index is 12.2. The molecule has 1 aliphatic rings. The summed E-state index contributed by atoms with van der Waals surface area (Å²) in [5.41, 5.74) is 2.38. The molecule has 21 heavy (non-hydrogen) atoms. The molecule has 0 amide bonds. The van der Waals surface area contributed by atoms with E-state index >= 15 is 0 Å². The SMILES string of the molecule is Cc1nc(=O)n(CC2(C)CCC2)c(C)c1CC(C)C(=O)O. The molecule has 1 saturated carbocycles. The van der Waals surface area contributed by atoms with Gasteiger partial charge in [-0.1, -0.05) is 20.3 Å². The molecule has 1 aromatic heterocycles. The summed E-state index contributed by atoms with van der Waals surface area (Å²) in [6.45, 7) is 8.25. The molecule has 0 radical (unpaired) electrons. The van der Waals surface area contributed by atoms with Crippen LogP contribution in [-0.4, -0.2) is 20.6 Å². The molecule has 0 saturated heterocycles. The summed E-state index contributed by atoms with van der Waals surface area (Å²) in [4.78, 5) is 27.4. The van der Waals surface area contributed by atoms with E-state index in [0.717, 1.165) is 24.1 Å². The average molecular weight is 292 g/mol. The molecule has 5 nitrogen and oxygen atoms in total. The highest BCUT2D eigenvalue weighted by Crippen LogP contribution is 2.41. The zero-order valence-electron chi connectivity index (χ0n) is 13.3. The lowest BCUT2D eigenvalue weighted by Gasteiger charge is -2.39. The largest absolute Gasteiger partial charge is 0.481 e. The highest BCUT2D eigenvalue weighted by molar-refractivity contribution is 5.70. The van der Waals surface area contributed by atoms with Gasteiger partial charge in [-0.15, -0.1) is 0 Å². The third-order valence-corrected chi connectivity index (χ3v) is 4.80. The number of hydrogen-bond donors (Lipinski definition) is 1. The van der Waals surface area contributed by atoms with Crippen molar-refractivity contribution in [1.29, 1.82) is 0 Å². The van der Waals surface area contributed by atoms with E-state index in [-0.39, 0.29) is 11.1 Å². The summed E-state index contributed by atoms with van der Waals surface area (Å²) in [7, 11) is 0. The Labute approximate surface area is 125 Å². The molecular weight excluding hydrogens is 268 g/mol. The number of carboxylic acids is 1. The molecule has 0 aliphatic heterocycles. The van der Waals surface area contributed by atoms with E-state index in [0.29, 0.717) is 18.7 Å². The zero-order chi connectivity index (χ0) is 15.8. The van der Waals surface area contributed by atoms with Crippen molar-refractivity contribution >= 4 is 5.97 Å². The summed E-state index contributed by atoms with van der Waals surface area (Å²) < 4.78 is 1.73. The van der Waals surface area contributed by atoms with Crippen molar-refractivity contribution in [3.8, 4) is 0 Å². The van der Waals surface area contributed by atoms with Crippen LogP contribution in [0.4, 0.5) is 0 Å².